The zero-order chi connectivity index (χ0) is 15.0. The van der Waals surface area contributed by atoms with Crippen molar-refractivity contribution in [1.82, 2.24) is 0 Å². The number of carbonyl (C=O) groups is 1. The second-order valence-corrected chi connectivity index (χ2v) is 6.56. The van der Waals surface area contributed by atoms with Gasteiger partial charge in [-0.25, -0.2) is 0 Å². The predicted molar refractivity (Wildman–Crippen MR) is 90.5 cm³/mol. The molecule has 3 rings (SSSR count). The van der Waals surface area contributed by atoms with Crippen molar-refractivity contribution in [3.63, 3.8) is 0 Å². The molecule has 2 heterocycles. The fourth-order valence-electron chi connectivity index (χ4n) is 1.97. The highest BCUT2D eigenvalue weighted by Gasteiger charge is 2.33. The van der Waals surface area contributed by atoms with E-state index >= 15 is 0 Å². The van der Waals surface area contributed by atoms with Crippen LogP contribution in [-0.2, 0) is 4.79 Å². The van der Waals surface area contributed by atoms with Gasteiger partial charge in [-0.1, -0.05) is 41.6 Å². The summed E-state index contributed by atoms with van der Waals surface area (Å²) in [5, 5.41) is 0.562. The highest BCUT2D eigenvalue weighted by atomic mass is 35.5. The SMILES string of the molecule is Cc1ccc(C=C2SC(=S)N(c3cccc(Cl)c3)C2=O)o1. The van der Waals surface area contributed by atoms with E-state index in [0.717, 1.165) is 5.76 Å². The van der Waals surface area contributed by atoms with Crippen LogP contribution in [0.5, 0.6) is 0 Å². The van der Waals surface area contributed by atoms with Gasteiger partial charge in [-0.3, -0.25) is 9.69 Å². The van der Waals surface area contributed by atoms with Crippen molar-refractivity contribution in [3.8, 4) is 0 Å². The van der Waals surface area contributed by atoms with Gasteiger partial charge in [-0.2, -0.15) is 0 Å². The van der Waals surface area contributed by atoms with Crippen LogP contribution in [0.15, 0.2) is 45.7 Å². The molecule has 1 aliphatic rings. The summed E-state index contributed by atoms with van der Waals surface area (Å²) in [5.74, 6) is 1.27. The van der Waals surface area contributed by atoms with Gasteiger partial charge in [0.25, 0.3) is 5.91 Å². The minimum Gasteiger partial charge on any atom is -0.462 e. The molecule has 0 unspecified atom stereocenters. The zero-order valence-electron chi connectivity index (χ0n) is 11.0. The molecule has 1 amide bonds. The minimum absolute atomic E-state index is 0.165. The molecule has 0 N–H and O–H groups in total. The van der Waals surface area contributed by atoms with E-state index < -0.39 is 0 Å². The molecule has 1 aromatic heterocycles. The molecule has 106 valence electrons. The van der Waals surface area contributed by atoms with Crippen molar-refractivity contribution in [1.29, 1.82) is 0 Å². The number of hydrogen-bond acceptors (Lipinski definition) is 4. The number of thiocarbonyl (C=S) groups is 1. The Labute approximate surface area is 136 Å². The van der Waals surface area contributed by atoms with Crippen LogP contribution in [0.25, 0.3) is 6.08 Å². The van der Waals surface area contributed by atoms with Crippen molar-refractivity contribution in [2.24, 2.45) is 0 Å². The highest BCUT2D eigenvalue weighted by Crippen LogP contribution is 2.36. The second-order valence-electron chi connectivity index (χ2n) is 4.45. The number of halogens is 1. The quantitative estimate of drug-likeness (QED) is 0.591. The summed E-state index contributed by atoms with van der Waals surface area (Å²) in [5.41, 5.74) is 0.670. The van der Waals surface area contributed by atoms with Crippen molar-refractivity contribution in [2.75, 3.05) is 4.90 Å². The van der Waals surface area contributed by atoms with Gasteiger partial charge < -0.3 is 4.42 Å². The molecule has 3 nitrogen and oxygen atoms in total. The average Bonchev–Trinajstić information content (AvgIpc) is 2.94. The van der Waals surface area contributed by atoms with E-state index in [1.807, 2.05) is 19.1 Å². The Balaban J connectivity index is 1.94. The maximum absolute atomic E-state index is 12.5. The Kier molecular flexibility index (Phi) is 3.89. The van der Waals surface area contributed by atoms with Crippen LogP contribution in [0.4, 0.5) is 5.69 Å². The third-order valence-corrected chi connectivity index (χ3v) is 4.43. The van der Waals surface area contributed by atoms with Crippen LogP contribution in [-0.4, -0.2) is 10.2 Å². The van der Waals surface area contributed by atoms with Crippen molar-refractivity contribution < 1.29 is 9.21 Å². The van der Waals surface area contributed by atoms with E-state index in [0.29, 0.717) is 25.7 Å². The molecule has 0 bridgehead atoms. The monoisotopic (exact) mass is 335 g/mol. The van der Waals surface area contributed by atoms with Gasteiger partial charge in [0, 0.05) is 11.1 Å². The van der Waals surface area contributed by atoms with E-state index in [2.05, 4.69) is 0 Å². The molecule has 0 spiro atoms. The zero-order valence-corrected chi connectivity index (χ0v) is 13.4. The van der Waals surface area contributed by atoms with Crippen LogP contribution < -0.4 is 4.90 Å². The summed E-state index contributed by atoms with van der Waals surface area (Å²) in [6.07, 6.45) is 1.71. The number of amides is 1. The number of anilines is 1. The molecular formula is C15H10ClNO2S2. The molecule has 21 heavy (non-hydrogen) atoms. The molecule has 0 aliphatic carbocycles. The van der Waals surface area contributed by atoms with E-state index in [9.17, 15) is 4.79 Å². The summed E-state index contributed by atoms with van der Waals surface area (Å²) in [7, 11) is 0. The fraction of sp³-hybridized carbons (Fsp3) is 0.0667. The fourth-order valence-corrected chi connectivity index (χ4v) is 3.43. The van der Waals surface area contributed by atoms with Gasteiger partial charge in [0.1, 0.15) is 11.5 Å². The molecule has 0 radical (unpaired) electrons. The van der Waals surface area contributed by atoms with Gasteiger partial charge in [-0.05, 0) is 37.3 Å². The number of carbonyl (C=O) groups excluding carboxylic acids is 1. The third-order valence-electron chi connectivity index (χ3n) is 2.89. The molecule has 1 aromatic carbocycles. The average molecular weight is 336 g/mol. The largest absolute Gasteiger partial charge is 0.462 e. The number of thioether (sulfide) groups is 1. The molecule has 2 aromatic rings. The molecule has 1 saturated heterocycles. The Bertz CT molecular complexity index is 767. The van der Waals surface area contributed by atoms with Crippen LogP contribution >= 0.6 is 35.6 Å². The van der Waals surface area contributed by atoms with E-state index in [-0.39, 0.29) is 5.91 Å². The lowest BCUT2D eigenvalue weighted by molar-refractivity contribution is -0.113. The second kappa shape index (κ2) is 5.67. The maximum Gasteiger partial charge on any atom is 0.270 e. The van der Waals surface area contributed by atoms with Crippen LogP contribution in [0.2, 0.25) is 5.02 Å². The van der Waals surface area contributed by atoms with Crippen molar-refractivity contribution in [2.45, 2.75) is 6.92 Å². The summed E-state index contributed by atoms with van der Waals surface area (Å²) in [4.78, 5) is 14.5. The van der Waals surface area contributed by atoms with Gasteiger partial charge >= 0.3 is 0 Å². The summed E-state index contributed by atoms with van der Waals surface area (Å²) < 4.78 is 5.95. The number of benzene rings is 1. The van der Waals surface area contributed by atoms with E-state index in [4.69, 9.17) is 28.2 Å². The van der Waals surface area contributed by atoms with Gasteiger partial charge in [0.05, 0.1) is 10.6 Å². The van der Waals surface area contributed by atoms with Crippen molar-refractivity contribution >= 4 is 57.6 Å². The number of aryl methyl sites for hydroxylation is 1. The topological polar surface area (TPSA) is 33.5 Å². The Morgan fingerprint density at radius 3 is 2.81 bits per heavy atom. The summed E-state index contributed by atoms with van der Waals surface area (Å²) in [6.45, 7) is 1.86. The first kappa shape index (κ1) is 14.4. The Hall–Kier alpha value is -1.56. The molecule has 0 saturated carbocycles. The van der Waals surface area contributed by atoms with E-state index in [1.165, 1.54) is 16.7 Å². The van der Waals surface area contributed by atoms with Gasteiger partial charge in [0.2, 0.25) is 0 Å². The van der Waals surface area contributed by atoms with Crippen LogP contribution in [0.1, 0.15) is 11.5 Å². The highest BCUT2D eigenvalue weighted by molar-refractivity contribution is 8.27. The number of rotatable bonds is 2. The maximum atomic E-state index is 12.5. The Morgan fingerprint density at radius 1 is 1.33 bits per heavy atom. The van der Waals surface area contributed by atoms with Crippen molar-refractivity contribution in [3.05, 3.63) is 57.8 Å². The lowest BCUT2D eigenvalue weighted by Crippen LogP contribution is -2.27. The third kappa shape index (κ3) is 2.90. The first-order valence-corrected chi connectivity index (χ1v) is 7.75. The minimum atomic E-state index is -0.165. The lowest BCUT2D eigenvalue weighted by atomic mass is 10.3. The molecule has 0 atom stereocenters. The molecular weight excluding hydrogens is 326 g/mol. The number of nitrogens with zero attached hydrogens (tertiary/aromatic N) is 1. The number of furan rings is 1. The van der Waals surface area contributed by atoms with Gasteiger partial charge in [-0.15, -0.1) is 0 Å². The number of hydrogen-bond donors (Lipinski definition) is 0. The van der Waals surface area contributed by atoms with E-state index in [1.54, 1.807) is 30.3 Å². The summed E-state index contributed by atoms with van der Waals surface area (Å²) >= 11 is 12.5. The van der Waals surface area contributed by atoms with Gasteiger partial charge in [0.15, 0.2) is 4.32 Å². The predicted octanol–water partition coefficient (Wildman–Crippen LogP) is 4.65. The molecule has 1 fully saturated rings. The lowest BCUT2D eigenvalue weighted by Gasteiger charge is -2.14. The standard InChI is InChI=1S/C15H10ClNO2S2/c1-9-5-6-12(19-9)8-13-14(18)17(15(20)21-13)11-4-2-3-10(16)7-11/h2-8H,1H3. The Morgan fingerprint density at radius 2 is 2.14 bits per heavy atom. The normalized spacial score (nSPS) is 17.0. The first-order valence-electron chi connectivity index (χ1n) is 6.14. The smallest absolute Gasteiger partial charge is 0.270 e. The first-order chi connectivity index (χ1) is 10.0. The molecule has 6 heteroatoms. The summed E-state index contributed by atoms with van der Waals surface area (Å²) in [6, 6.07) is 10.7. The van der Waals surface area contributed by atoms with Crippen LogP contribution in [0, 0.1) is 6.92 Å². The van der Waals surface area contributed by atoms with Crippen LogP contribution in [0.3, 0.4) is 0 Å². The molecule has 1 aliphatic heterocycles.